The van der Waals surface area contributed by atoms with Crippen LogP contribution in [0.4, 0.5) is 20.7 Å². The average molecular weight is 524 g/mol. The number of amides is 3. The fourth-order valence-corrected chi connectivity index (χ4v) is 4.67. The number of hydrogen-bond donors (Lipinski definition) is 4. The number of aromatic amines is 1. The standard InChI is InChI=1S/C29H26FN7O2/c1-29(2,3)25-13-26(37(36-25)18-8-10-23-17(11-18)14-32-35-23)34-28(39)33-24-9-7-16(12-22(24)30)19-5-4-6-20-21(19)15-31-27(20)38/h4-14H,15H2,1-3H3,(H,31,38)(H,32,35)(H2,33,34,39). The lowest BCUT2D eigenvalue weighted by Gasteiger charge is -2.14. The van der Waals surface area contributed by atoms with Gasteiger partial charge in [-0.2, -0.15) is 10.2 Å². The Morgan fingerprint density at radius 1 is 1.03 bits per heavy atom. The predicted octanol–water partition coefficient (Wildman–Crippen LogP) is 5.74. The lowest BCUT2D eigenvalue weighted by molar-refractivity contribution is 0.0965. The Labute approximate surface area is 223 Å². The van der Waals surface area contributed by atoms with Crippen molar-refractivity contribution in [2.75, 3.05) is 10.6 Å². The summed E-state index contributed by atoms with van der Waals surface area (Å²) in [4.78, 5) is 25.0. The average Bonchev–Trinajstić information content (AvgIpc) is 3.63. The summed E-state index contributed by atoms with van der Waals surface area (Å²) in [6.45, 7) is 6.50. The summed E-state index contributed by atoms with van der Waals surface area (Å²) in [5.74, 6) is -0.290. The first-order valence-electron chi connectivity index (χ1n) is 12.5. The highest BCUT2D eigenvalue weighted by Crippen LogP contribution is 2.32. The van der Waals surface area contributed by atoms with Crippen molar-refractivity contribution in [3.63, 3.8) is 0 Å². The zero-order valence-electron chi connectivity index (χ0n) is 21.6. The van der Waals surface area contributed by atoms with Gasteiger partial charge >= 0.3 is 6.03 Å². The molecule has 0 saturated carbocycles. The molecule has 39 heavy (non-hydrogen) atoms. The SMILES string of the molecule is CC(C)(C)c1cc(NC(=O)Nc2ccc(-c3cccc4c3CNC4=O)cc2F)n(-c2ccc3[nH]ncc3c2)n1. The van der Waals surface area contributed by atoms with Crippen LogP contribution in [0.15, 0.2) is 66.9 Å². The van der Waals surface area contributed by atoms with Crippen LogP contribution in [-0.4, -0.2) is 31.9 Å². The first-order valence-corrected chi connectivity index (χ1v) is 12.5. The summed E-state index contributed by atoms with van der Waals surface area (Å²) < 4.78 is 16.8. The van der Waals surface area contributed by atoms with E-state index < -0.39 is 11.8 Å². The van der Waals surface area contributed by atoms with Crippen LogP contribution >= 0.6 is 0 Å². The van der Waals surface area contributed by atoms with Crippen molar-refractivity contribution in [1.82, 2.24) is 25.3 Å². The van der Waals surface area contributed by atoms with Gasteiger partial charge in [0.25, 0.3) is 5.91 Å². The molecular formula is C29H26FN7O2. The van der Waals surface area contributed by atoms with Crippen LogP contribution < -0.4 is 16.0 Å². The molecule has 0 bridgehead atoms. The van der Waals surface area contributed by atoms with E-state index in [9.17, 15) is 9.59 Å². The van der Waals surface area contributed by atoms with Crippen molar-refractivity contribution in [3.05, 3.63) is 89.5 Å². The number of nitrogens with zero attached hydrogens (tertiary/aromatic N) is 3. The number of fused-ring (bicyclic) bond motifs is 2. The number of urea groups is 1. The number of H-pyrrole nitrogens is 1. The number of halogens is 1. The number of carbonyl (C=O) groups excluding carboxylic acids is 2. The molecule has 1 aliphatic rings. The molecule has 1 aliphatic heterocycles. The van der Waals surface area contributed by atoms with E-state index in [1.165, 1.54) is 12.1 Å². The van der Waals surface area contributed by atoms with Crippen molar-refractivity contribution in [3.8, 4) is 16.8 Å². The van der Waals surface area contributed by atoms with Crippen LogP contribution in [0.25, 0.3) is 27.7 Å². The van der Waals surface area contributed by atoms with Crippen molar-refractivity contribution >= 4 is 34.3 Å². The normalized spacial score (nSPS) is 12.9. The summed E-state index contributed by atoms with van der Waals surface area (Å²) in [6, 6.07) is 16.9. The van der Waals surface area contributed by atoms with Gasteiger partial charge in [-0.3, -0.25) is 15.2 Å². The molecule has 2 aromatic heterocycles. The molecule has 0 atom stereocenters. The second-order valence-electron chi connectivity index (χ2n) is 10.5. The largest absolute Gasteiger partial charge is 0.348 e. The monoisotopic (exact) mass is 523 g/mol. The van der Waals surface area contributed by atoms with E-state index in [0.29, 0.717) is 23.5 Å². The summed E-state index contributed by atoms with van der Waals surface area (Å²) in [6.07, 6.45) is 1.72. The third-order valence-corrected chi connectivity index (χ3v) is 6.76. The van der Waals surface area contributed by atoms with Crippen LogP contribution in [0.2, 0.25) is 0 Å². The van der Waals surface area contributed by atoms with E-state index in [0.717, 1.165) is 33.4 Å². The number of benzene rings is 3. The van der Waals surface area contributed by atoms with Gasteiger partial charge in [-0.1, -0.05) is 39.0 Å². The molecule has 5 aromatic rings. The van der Waals surface area contributed by atoms with E-state index >= 15 is 4.39 Å². The van der Waals surface area contributed by atoms with Crippen LogP contribution in [0.5, 0.6) is 0 Å². The number of nitrogens with one attached hydrogen (secondary N) is 4. The van der Waals surface area contributed by atoms with E-state index in [4.69, 9.17) is 5.10 Å². The lowest BCUT2D eigenvalue weighted by atomic mass is 9.92. The van der Waals surface area contributed by atoms with Crippen molar-refractivity contribution < 1.29 is 14.0 Å². The van der Waals surface area contributed by atoms with Gasteiger partial charge in [-0.05, 0) is 53.1 Å². The number of rotatable bonds is 4. The van der Waals surface area contributed by atoms with E-state index in [2.05, 4.69) is 26.1 Å². The Bertz CT molecular complexity index is 1760. The summed E-state index contributed by atoms with van der Waals surface area (Å²) in [5.41, 5.74) is 4.99. The van der Waals surface area contributed by atoms with Gasteiger partial charge in [-0.25, -0.2) is 13.9 Å². The van der Waals surface area contributed by atoms with Gasteiger partial charge in [-0.15, -0.1) is 0 Å². The number of anilines is 2. The van der Waals surface area contributed by atoms with Crippen molar-refractivity contribution in [2.45, 2.75) is 32.7 Å². The lowest BCUT2D eigenvalue weighted by Crippen LogP contribution is -2.22. The van der Waals surface area contributed by atoms with Gasteiger partial charge in [0.1, 0.15) is 11.6 Å². The third kappa shape index (κ3) is 4.50. The molecular weight excluding hydrogens is 497 g/mol. The highest BCUT2D eigenvalue weighted by molar-refractivity contribution is 6.01. The molecule has 6 rings (SSSR count). The Hall–Kier alpha value is -4.99. The molecule has 4 N–H and O–H groups in total. The van der Waals surface area contributed by atoms with Gasteiger partial charge in [0.05, 0.1) is 28.8 Å². The fourth-order valence-electron chi connectivity index (χ4n) is 4.67. The Balaban J connectivity index is 1.26. The molecule has 3 amide bonds. The molecule has 0 radical (unpaired) electrons. The molecule has 0 aliphatic carbocycles. The molecule has 9 nitrogen and oxygen atoms in total. The zero-order valence-corrected chi connectivity index (χ0v) is 21.6. The molecule has 0 fully saturated rings. The summed E-state index contributed by atoms with van der Waals surface area (Å²) >= 11 is 0. The van der Waals surface area contributed by atoms with Gasteiger partial charge in [0.15, 0.2) is 0 Å². The highest BCUT2D eigenvalue weighted by Gasteiger charge is 2.24. The minimum absolute atomic E-state index is 0.0277. The number of hydrogen-bond acceptors (Lipinski definition) is 4. The molecule has 3 heterocycles. The van der Waals surface area contributed by atoms with Gasteiger partial charge in [0.2, 0.25) is 0 Å². The van der Waals surface area contributed by atoms with Crippen LogP contribution in [0, 0.1) is 5.82 Å². The fraction of sp³-hybridized carbons (Fsp3) is 0.172. The molecule has 0 spiro atoms. The second kappa shape index (κ2) is 9.09. The minimum atomic E-state index is -0.608. The maximum Gasteiger partial charge on any atom is 0.324 e. The van der Waals surface area contributed by atoms with Crippen molar-refractivity contribution in [2.24, 2.45) is 0 Å². The van der Waals surface area contributed by atoms with Gasteiger partial charge < -0.3 is 10.6 Å². The smallest absolute Gasteiger partial charge is 0.324 e. The second-order valence-corrected chi connectivity index (χ2v) is 10.5. The molecule has 0 unspecified atom stereocenters. The quantitative estimate of drug-likeness (QED) is 0.240. The summed E-state index contributed by atoms with van der Waals surface area (Å²) in [7, 11) is 0. The van der Waals surface area contributed by atoms with E-state index in [-0.39, 0.29) is 17.0 Å². The number of aromatic nitrogens is 4. The Morgan fingerprint density at radius 2 is 1.85 bits per heavy atom. The highest BCUT2D eigenvalue weighted by atomic mass is 19.1. The first-order chi connectivity index (χ1) is 18.7. The first kappa shape index (κ1) is 24.4. The maximum atomic E-state index is 15.1. The van der Waals surface area contributed by atoms with Crippen LogP contribution in [0.1, 0.15) is 42.4 Å². The number of carbonyl (C=O) groups is 2. The molecule has 196 valence electrons. The zero-order chi connectivity index (χ0) is 27.3. The topological polar surface area (TPSA) is 117 Å². The molecule has 0 saturated heterocycles. The predicted molar refractivity (Wildman–Crippen MR) is 148 cm³/mol. The van der Waals surface area contributed by atoms with E-state index in [1.807, 2.05) is 51.1 Å². The maximum absolute atomic E-state index is 15.1. The molecule has 3 aromatic carbocycles. The Kier molecular flexibility index (Phi) is 5.67. The van der Waals surface area contributed by atoms with Gasteiger partial charge in [0, 0.05) is 29.0 Å². The minimum Gasteiger partial charge on any atom is -0.348 e. The molecule has 10 heteroatoms. The third-order valence-electron chi connectivity index (χ3n) is 6.76. The van der Waals surface area contributed by atoms with Crippen molar-refractivity contribution in [1.29, 1.82) is 0 Å². The summed E-state index contributed by atoms with van der Waals surface area (Å²) in [5, 5.41) is 20.8. The Morgan fingerprint density at radius 3 is 2.64 bits per heavy atom. The van der Waals surface area contributed by atoms with Crippen LogP contribution in [0.3, 0.4) is 0 Å². The van der Waals surface area contributed by atoms with E-state index in [1.54, 1.807) is 29.1 Å². The van der Waals surface area contributed by atoms with Crippen LogP contribution in [-0.2, 0) is 12.0 Å².